The van der Waals surface area contributed by atoms with Gasteiger partial charge in [-0.3, -0.25) is 9.59 Å². The van der Waals surface area contributed by atoms with E-state index in [-0.39, 0.29) is 31.4 Å². The maximum atomic E-state index is 11.7. The van der Waals surface area contributed by atoms with Gasteiger partial charge in [0.05, 0.1) is 12.8 Å². The lowest BCUT2D eigenvalue weighted by molar-refractivity contribution is -0.144. The number of carbonyl (C=O) groups is 2. The van der Waals surface area contributed by atoms with E-state index in [1.165, 1.54) is 0 Å². The number of ether oxygens (including phenoxy) is 1. The summed E-state index contributed by atoms with van der Waals surface area (Å²) in [7, 11) is 0. The van der Waals surface area contributed by atoms with Crippen LogP contribution in [0.5, 0.6) is 0 Å². The fourth-order valence-electron chi connectivity index (χ4n) is 1.96. The molecule has 4 nitrogen and oxygen atoms in total. The second kappa shape index (κ2) is 9.10. The minimum absolute atomic E-state index is 0.100. The zero-order valence-electron chi connectivity index (χ0n) is 12.6. The van der Waals surface area contributed by atoms with E-state index in [0.717, 1.165) is 15.6 Å². The van der Waals surface area contributed by atoms with Crippen LogP contribution in [-0.2, 0) is 27.4 Å². The highest BCUT2D eigenvalue weighted by Gasteiger charge is 2.06. The van der Waals surface area contributed by atoms with Gasteiger partial charge in [-0.2, -0.15) is 0 Å². The van der Waals surface area contributed by atoms with E-state index in [0.29, 0.717) is 6.42 Å². The molecule has 1 N–H and O–H groups in total. The highest BCUT2D eigenvalue weighted by Crippen LogP contribution is 2.11. The van der Waals surface area contributed by atoms with E-state index in [1.807, 2.05) is 54.6 Å². The molecule has 23 heavy (non-hydrogen) atoms. The van der Waals surface area contributed by atoms with Crippen LogP contribution >= 0.6 is 15.9 Å². The molecule has 2 aromatic carbocycles. The first-order chi connectivity index (χ1) is 11.1. The number of amides is 1. The third-order valence-corrected chi connectivity index (χ3v) is 3.70. The average Bonchev–Trinajstić information content (AvgIpc) is 2.55. The van der Waals surface area contributed by atoms with Crippen LogP contribution in [0.4, 0.5) is 0 Å². The second-order valence-electron chi connectivity index (χ2n) is 5.05. The molecule has 0 radical (unpaired) electrons. The van der Waals surface area contributed by atoms with Crippen molar-refractivity contribution in [2.24, 2.45) is 0 Å². The van der Waals surface area contributed by atoms with Crippen LogP contribution in [0.1, 0.15) is 17.5 Å². The first-order valence-electron chi connectivity index (χ1n) is 7.34. The summed E-state index contributed by atoms with van der Waals surface area (Å²) >= 11 is 3.35. The Labute approximate surface area is 144 Å². The summed E-state index contributed by atoms with van der Waals surface area (Å²) in [6, 6.07) is 17.0. The Kier molecular flexibility index (Phi) is 6.81. The van der Waals surface area contributed by atoms with E-state index in [2.05, 4.69) is 21.2 Å². The van der Waals surface area contributed by atoms with Crippen LogP contribution in [-0.4, -0.2) is 18.4 Å². The van der Waals surface area contributed by atoms with Crippen LogP contribution in [0, 0.1) is 0 Å². The van der Waals surface area contributed by atoms with Gasteiger partial charge in [-0.25, -0.2) is 0 Å². The van der Waals surface area contributed by atoms with Crippen LogP contribution in [0.2, 0.25) is 0 Å². The predicted octanol–water partition coefficient (Wildman–Crippen LogP) is 3.24. The molecule has 0 aliphatic rings. The molecule has 0 spiro atoms. The summed E-state index contributed by atoms with van der Waals surface area (Å²) in [4.78, 5) is 23.4. The SMILES string of the molecule is O=C(Cc1ccccc1)NCCC(=O)OCc1ccc(Br)cc1. The lowest BCUT2D eigenvalue weighted by Crippen LogP contribution is -2.27. The van der Waals surface area contributed by atoms with Crippen molar-refractivity contribution < 1.29 is 14.3 Å². The van der Waals surface area contributed by atoms with Gasteiger partial charge < -0.3 is 10.1 Å². The van der Waals surface area contributed by atoms with E-state index < -0.39 is 0 Å². The molecule has 0 aromatic heterocycles. The number of benzene rings is 2. The molecule has 0 atom stereocenters. The molecule has 5 heteroatoms. The molecule has 0 saturated heterocycles. The zero-order chi connectivity index (χ0) is 16.5. The number of halogens is 1. The fraction of sp³-hybridized carbons (Fsp3) is 0.222. The quantitative estimate of drug-likeness (QED) is 0.755. The van der Waals surface area contributed by atoms with E-state index >= 15 is 0 Å². The topological polar surface area (TPSA) is 55.4 Å². The molecular weight excluding hydrogens is 358 g/mol. The van der Waals surface area contributed by atoms with Gasteiger partial charge in [-0.15, -0.1) is 0 Å². The van der Waals surface area contributed by atoms with Crippen molar-refractivity contribution >= 4 is 27.8 Å². The summed E-state index contributed by atoms with van der Waals surface area (Å²) in [6.07, 6.45) is 0.478. The second-order valence-corrected chi connectivity index (χ2v) is 5.97. The van der Waals surface area contributed by atoms with Gasteiger partial charge in [0.2, 0.25) is 5.91 Å². The largest absolute Gasteiger partial charge is 0.461 e. The predicted molar refractivity (Wildman–Crippen MR) is 91.7 cm³/mol. The van der Waals surface area contributed by atoms with Crippen LogP contribution in [0.25, 0.3) is 0 Å². The molecule has 120 valence electrons. The van der Waals surface area contributed by atoms with Crippen molar-refractivity contribution in [3.63, 3.8) is 0 Å². The highest BCUT2D eigenvalue weighted by atomic mass is 79.9. The first kappa shape index (κ1) is 17.2. The molecule has 2 aromatic rings. The Morgan fingerprint density at radius 1 is 0.957 bits per heavy atom. The molecule has 0 unspecified atom stereocenters. The molecule has 0 fully saturated rings. The minimum Gasteiger partial charge on any atom is -0.461 e. The number of rotatable bonds is 7. The number of esters is 1. The van der Waals surface area contributed by atoms with E-state index in [4.69, 9.17) is 4.74 Å². The molecule has 0 saturated carbocycles. The Morgan fingerprint density at radius 2 is 1.65 bits per heavy atom. The molecule has 0 aliphatic carbocycles. The maximum Gasteiger partial charge on any atom is 0.307 e. The van der Waals surface area contributed by atoms with Gasteiger partial charge >= 0.3 is 5.97 Å². The Morgan fingerprint density at radius 3 is 2.35 bits per heavy atom. The van der Waals surface area contributed by atoms with Crippen molar-refractivity contribution in [3.8, 4) is 0 Å². The lowest BCUT2D eigenvalue weighted by atomic mass is 10.1. The number of hydrogen-bond donors (Lipinski definition) is 1. The first-order valence-corrected chi connectivity index (χ1v) is 8.13. The van der Waals surface area contributed by atoms with Gasteiger partial charge in [0.15, 0.2) is 0 Å². The number of carbonyl (C=O) groups excluding carboxylic acids is 2. The molecule has 0 heterocycles. The van der Waals surface area contributed by atoms with E-state index in [1.54, 1.807) is 0 Å². The van der Waals surface area contributed by atoms with Crippen molar-refractivity contribution in [2.75, 3.05) is 6.54 Å². The highest BCUT2D eigenvalue weighted by molar-refractivity contribution is 9.10. The molecule has 2 rings (SSSR count). The summed E-state index contributed by atoms with van der Waals surface area (Å²) < 4.78 is 6.14. The summed E-state index contributed by atoms with van der Waals surface area (Å²) in [6.45, 7) is 0.523. The minimum atomic E-state index is -0.326. The summed E-state index contributed by atoms with van der Waals surface area (Å²) in [5, 5.41) is 2.72. The summed E-state index contributed by atoms with van der Waals surface area (Å²) in [5.74, 6) is -0.426. The van der Waals surface area contributed by atoms with Crippen LogP contribution < -0.4 is 5.32 Å². The average molecular weight is 376 g/mol. The van der Waals surface area contributed by atoms with Crippen molar-refractivity contribution in [3.05, 3.63) is 70.2 Å². The normalized spacial score (nSPS) is 10.1. The van der Waals surface area contributed by atoms with Crippen LogP contribution in [0.15, 0.2) is 59.1 Å². The van der Waals surface area contributed by atoms with Crippen molar-refractivity contribution in [1.82, 2.24) is 5.32 Å². The third kappa shape index (κ3) is 6.65. The van der Waals surface area contributed by atoms with Gasteiger partial charge in [-0.1, -0.05) is 58.4 Å². The van der Waals surface area contributed by atoms with Gasteiger partial charge in [0.1, 0.15) is 6.61 Å². The fourth-order valence-corrected chi connectivity index (χ4v) is 2.23. The Balaban J connectivity index is 1.62. The smallest absolute Gasteiger partial charge is 0.307 e. The standard InChI is InChI=1S/C18H18BrNO3/c19-16-8-6-15(7-9-16)13-23-18(22)10-11-20-17(21)12-14-4-2-1-3-5-14/h1-9H,10-13H2,(H,20,21). The molecular formula is C18H18BrNO3. The monoisotopic (exact) mass is 375 g/mol. The zero-order valence-corrected chi connectivity index (χ0v) is 14.2. The van der Waals surface area contributed by atoms with Crippen molar-refractivity contribution in [1.29, 1.82) is 0 Å². The van der Waals surface area contributed by atoms with E-state index in [9.17, 15) is 9.59 Å². The molecule has 1 amide bonds. The van der Waals surface area contributed by atoms with Gasteiger partial charge in [0, 0.05) is 11.0 Å². The van der Waals surface area contributed by atoms with Gasteiger partial charge in [0.25, 0.3) is 0 Å². The Hall–Kier alpha value is -2.14. The Bertz CT molecular complexity index is 641. The lowest BCUT2D eigenvalue weighted by Gasteiger charge is -2.07. The molecule has 0 bridgehead atoms. The maximum absolute atomic E-state index is 11.7. The van der Waals surface area contributed by atoms with Crippen LogP contribution in [0.3, 0.4) is 0 Å². The molecule has 0 aliphatic heterocycles. The summed E-state index contributed by atoms with van der Waals surface area (Å²) in [5.41, 5.74) is 1.87. The third-order valence-electron chi connectivity index (χ3n) is 3.17. The van der Waals surface area contributed by atoms with Crippen molar-refractivity contribution in [2.45, 2.75) is 19.4 Å². The number of hydrogen-bond acceptors (Lipinski definition) is 3. The van der Waals surface area contributed by atoms with Gasteiger partial charge in [-0.05, 0) is 23.3 Å². The number of nitrogens with one attached hydrogen (secondary N) is 1.